The lowest BCUT2D eigenvalue weighted by Crippen LogP contribution is -2.58. The molecule has 1 aliphatic heterocycles. The number of rotatable bonds is 5. The normalized spacial score (nSPS) is 16.6. The summed E-state index contributed by atoms with van der Waals surface area (Å²) in [5.74, 6) is -0.0590. The molecule has 2 rings (SSSR count). The Kier molecular flexibility index (Phi) is 6.04. The van der Waals surface area contributed by atoms with E-state index in [2.05, 4.69) is 25.2 Å². The fraction of sp³-hybridized carbons (Fsp3) is 0.579. The first kappa shape index (κ1) is 19.2. The number of likely N-dealkylation sites (tertiary alicyclic amines) is 1. The van der Waals surface area contributed by atoms with Gasteiger partial charge in [0.05, 0.1) is 18.2 Å². The molecule has 6 nitrogen and oxygen atoms in total. The Hall–Kier alpha value is -2.10. The zero-order valence-electron chi connectivity index (χ0n) is 15.5. The highest BCUT2D eigenvalue weighted by molar-refractivity contribution is 5.95. The van der Waals surface area contributed by atoms with Gasteiger partial charge < -0.3 is 20.2 Å². The van der Waals surface area contributed by atoms with E-state index in [1.54, 1.807) is 12.1 Å². The zero-order chi connectivity index (χ0) is 18.6. The number of piperidine rings is 1. The molecule has 25 heavy (non-hydrogen) atoms. The summed E-state index contributed by atoms with van der Waals surface area (Å²) in [6, 6.07) is 7.65. The summed E-state index contributed by atoms with van der Waals surface area (Å²) in [5.41, 5.74) is 1.55. The van der Waals surface area contributed by atoms with E-state index in [1.165, 1.54) is 0 Å². The number of carbonyl (C=O) groups excluding carboxylic acids is 1. The van der Waals surface area contributed by atoms with Gasteiger partial charge in [0.15, 0.2) is 0 Å². The van der Waals surface area contributed by atoms with Crippen LogP contribution in [-0.4, -0.2) is 61.3 Å². The Morgan fingerprint density at radius 1 is 1.36 bits per heavy atom. The molecule has 0 aromatic heterocycles. The fourth-order valence-electron chi connectivity index (χ4n) is 3.34. The van der Waals surface area contributed by atoms with Gasteiger partial charge >= 0.3 is 0 Å². The van der Waals surface area contributed by atoms with Crippen LogP contribution < -0.4 is 10.2 Å². The van der Waals surface area contributed by atoms with Crippen molar-refractivity contribution in [3.8, 4) is 6.07 Å². The minimum absolute atomic E-state index is 0.0590. The number of carbonyl (C=O) groups is 1. The van der Waals surface area contributed by atoms with Gasteiger partial charge in [-0.25, -0.2) is 0 Å². The Morgan fingerprint density at radius 3 is 2.48 bits per heavy atom. The molecule has 0 atom stereocenters. The number of nitrogens with one attached hydrogen (secondary N) is 1. The van der Waals surface area contributed by atoms with Crippen molar-refractivity contribution < 1.29 is 9.90 Å². The lowest BCUT2D eigenvalue weighted by molar-refractivity contribution is 0.0510. The summed E-state index contributed by atoms with van der Waals surface area (Å²) >= 11 is 0. The molecule has 1 amide bonds. The number of amides is 1. The summed E-state index contributed by atoms with van der Waals surface area (Å²) in [7, 11) is 3.78. The van der Waals surface area contributed by atoms with E-state index >= 15 is 0 Å². The molecule has 136 valence electrons. The number of benzene rings is 1. The van der Waals surface area contributed by atoms with Gasteiger partial charge in [-0.2, -0.15) is 5.26 Å². The number of hydrogen-bond donors (Lipinski definition) is 2. The van der Waals surface area contributed by atoms with Crippen LogP contribution in [0.15, 0.2) is 18.2 Å². The Morgan fingerprint density at radius 2 is 2.00 bits per heavy atom. The van der Waals surface area contributed by atoms with Gasteiger partial charge in [0.1, 0.15) is 0 Å². The quantitative estimate of drug-likeness (QED) is 0.848. The smallest absolute Gasteiger partial charge is 0.253 e. The first-order valence-corrected chi connectivity index (χ1v) is 8.70. The molecule has 2 N–H and O–H groups in total. The Labute approximate surface area is 150 Å². The second kappa shape index (κ2) is 7.85. The van der Waals surface area contributed by atoms with E-state index in [0.29, 0.717) is 37.1 Å². The third-order valence-corrected chi connectivity index (χ3v) is 4.72. The maximum absolute atomic E-state index is 12.9. The standard InChI is InChI=1S/C19H28N4O2/c1-14(2)21-19(13-24)5-7-23(8-6-19)18(25)16-9-15(12-20)10-17(11-16)22(3)4/h9-11,14,21,24H,5-8,13H2,1-4H3. The maximum atomic E-state index is 12.9. The molecule has 0 aliphatic carbocycles. The molecule has 1 aromatic rings. The SMILES string of the molecule is CC(C)NC1(CO)CCN(C(=O)c2cc(C#N)cc(N(C)C)c2)CC1. The predicted molar refractivity (Wildman–Crippen MR) is 98.7 cm³/mol. The topological polar surface area (TPSA) is 79.6 Å². The molecule has 1 aliphatic rings. The van der Waals surface area contributed by atoms with Crippen LogP contribution in [0.3, 0.4) is 0 Å². The molecule has 1 aromatic carbocycles. The molecule has 1 saturated heterocycles. The molecule has 0 spiro atoms. The average molecular weight is 344 g/mol. The zero-order valence-corrected chi connectivity index (χ0v) is 15.5. The van der Waals surface area contributed by atoms with Crippen molar-refractivity contribution in [3.63, 3.8) is 0 Å². The predicted octanol–water partition coefficient (Wildman–Crippen LogP) is 1.59. The lowest BCUT2D eigenvalue weighted by atomic mass is 9.87. The lowest BCUT2D eigenvalue weighted by Gasteiger charge is -2.42. The number of nitriles is 1. The number of aliphatic hydroxyl groups excluding tert-OH is 1. The van der Waals surface area contributed by atoms with Gasteiger partial charge in [-0.15, -0.1) is 0 Å². The van der Waals surface area contributed by atoms with Crippen molar-refractivity contribution in [1.82, 2.24) is 10.2 Å². The maximum Gasteiger partial charge on any atom is 0.253 e. The molecule has 1 fully saturated rings. The van der Waals surface area contributed by atoms with Crippen LogP contribution in [0.4, 0.5) is 5.69 Å². The molecule has 0 radical (unpaired) electrons. The first-order chi connectivity index (χ1) is 11.8. The van der Waals surface area contributed by atoms with Crippen LogP contribution in [-0.2, 0) is 0 Å². The second-order valence-electron chi connectivity index (χ2n) is 7.30. The third kappa shape index (κ3) is 4.50. The summed E-state index contributed by atoms with van der Waals surface area (Å²) in [6.07, 6.45) is 1.43. The van der Waals surface area contributed by atoms with Crippen LogP contribution in [0.1, 0.15) is 42.6 Å². The van der Waals surface area contributed by atoms with Gasteiger partial charge in [0.25, 0.3) is 5.91 Å². The van der Waals surface area contributed by atoms with Gasteiger partial charge in [0, 0.05) is 50.0 Å². The van der Waals surface area contributed by atoms with E-state index in [-0.39, 0.29) is 24.1 Å². The minimum atomic E-state index is -0.311. The molecule has 0 unspecified atom stereocenters. The molecule has 0 bridgehead atoms. The van der Waals surface area contributed by atoms with Crippen LogP contribution in [0, 0.1) is 11.3 Å². The van der Waals surface area contributed by atoms with Crippen molar-refractivity contribution in [2.75, 3.05) is 38.7 Å². The van der Waals surface area contributed by atoms with Crippen LogP contribution in [0.2, 0.25) is 0 Å². The fourth-order valence-corrected chi connectivity index (χ4v) is 3.34. The highest BCUT2D eigenvalue weighted by atomic mass is 16.3. The molecule has 0 saturated carbocycles. The number of nitrogens with zero attached hydrogens (tertiary/aromatic N) is 3. The second-order valence-corrected chi connectivity index (χ2v) is 7.30. The Bertz CT molecular complexity index is 656. The van der Waals surface area contributed by atoms with E-state index in [4.69, 9.17) is 0 Å². The van der Waals surface area contributed by atoms with Gasteiger partial charge in [-0.1, -0.05) is 13.8 Å². The van der Waals surface area contributed by atoms with Gasteiger partial charge in [-0.05, 0) is 31.0 Å². The molecular weight excluding hydrogens is 316 g/mol. The first-order valence-electron chi connectivity index (χ1n) is 8.70. The third-order valence-electron chi connectivity index (χ3n) is 4.72. The number of hydrogen-bond acceptors (Lipinski definition) is 5. The largest absolute Gasteiger partial charge is 0.394 e. The number of anilines is 1. The van der Waals surface area contributed by atoms with Gasteiger partial charge in [0.2, 0.25) is 0 Å². The van der Waals surface area contributed by atoms with Crippen LogP contribution in [0.25, 0.3) is 0 Å². The van der Waals surface area contributed by atoms with E-state index in [1.807, 2.05) is 30.0 Å². The minimum Gasteiger partial charge on any atom is -0.394 e. The van der Waals surface area contributed by atoms with Crippen molar-refractivity contribution >= 4 is 11.6 Å². The molecular formula is C19H28N4O2. The highest BCUT2D eigenvalue weighted by Crippen LogP contribution is 2.25. The molecule has 6 heteroatoms. The van der Waals surface area contributed by atoms with Gasteiger partial charge in [-0.3, -0.25) is 4.79 Å². The van der Waals surface area contributed by atoms with Crippen LogP contribution >= 0.6 is 0 Å². The van der Waals surface area contributed by atoms with Crippen molar-refractivity contribution in [3.05, 3.63) is 29.3 Å². The van der Waals surface area contributed by atoms with Crippen molar-refractivity contribution in [2.24, 2.45) is 0 Å². The highest BCUT2D eigenvalue weighted by Gasteiger charge is 2.36. The summed E-state index contributed by atoms with van der Waals surface area (Å²) in [5, 5.41) is 22.5. The number of aliphatic hydroxyl groups is 1. The average Bonchev–Trinajstić information content (AvgIpc) is 2.60. The van der Waals surface area contributed by atoms with E-state index in [9.17, 15) is 15.2 Å². The summed E-state index contributed by atoms with van der Waals surface area (Å²) in [6.45, 7) is 5.37. The van der Waals surface area contributed by atoms with E-state index < -0.39 is 0 Å². The summed E-state index contributed by atoms with van der Waals surface area (Å²) in [4.78, 5) is 16.6. The van der Waals surface area contributed by atoms with E-state index in [0.717, 1.165) is 5.69 Å². The summed E-state index contributed by atoms with van der Waals surface area (Å²) < 4.78 is 0. The Balaban J connectivity index is 2.15. The van der Waals surface area contributed by atoms with Crippen molar-refractivity contribution in [2.45, 2.75) is 38.3 Å². The van der Waals surface area contributed by atoms with Crippen LogP contribution in [0.5, 0.6) is 0 Å². The van der Waals surface area contributed by atoms with Crippen molar-refractivity contribution in [1.29, 1.82) is 5.26 Å². The molecule has 1 heterocycles. The monoisotopic (exact) mass is 344 g/mol.